The lowest BCUT2D eigenvalue weighted by molar-refractivity contribution is -0.107. The summed E-state index contributed by atoms with van der Waals surface area (Å²) in [6.07, 6.45) is 0.487. The minimum atomic E-state index is -0.989. The average Bonchev–Trinajstić information content (AvgIpc) is 2.15. The van der Waals surface area contributed by atoms with E-state index in [1.165, 1.54) is 0 Å². The first-order chi connectivity index (χ1) is 6.57. The SMILES string of the molecule is O=CCCc1c(O)c(F)cc(Cl)c1F. The van der Waals surface area contributed by atoms with Gasteiger partial charge in [0.15, 0.2) is 11.6 Å². The van der Waals surface area contributed by atoms with E-state index in [4.69, 9.17) is 16.7 Å². The number of aromatic hydroxyl groups is 1. The van der Waals surface area contributed by atoms with Gasteiger partial charge >= 0.3 is 0 Å². The molecule has 0 radical (unpaired) electrons. The van der Waals surface area contributed by atoms with E-state index in [1.807, 2.05) is 0 Å². The zero-order valence-electron chi connectivity index (χ0n) is 7.06. The third kappa shape index (κ3) is 2.01. The highest BCUT2D eigenvalue weighted by Gasteiger charge is 2.16. The summed E-state index contributed by atoms with van der Waals surface area (Å²) in [5.41, 5.74) is -0.262. The second-order valence-corrected chi connectivity index (χ2v) is 3.09. The van der Waals surface area contributed by atoms with Crippen molar-refractivity contribution in [3.63, 3.8) is 0 Å². The molecule has 0 aliphatic heterocycles. The highest BCUT2D eigenvalue weighted by atomic mass is 35.5. The van der Waals surface area contributed by atoms with Gasteiger partial charge < -0.3 is 9.90 Å². The monoisotopic (exact) mass is 220 g/mol. The Morgan fingerprint density at radius 3 is 2.71 bits per heavy atom. The molecular formula is C9H7ClF2O2. The van der Waals surface area contributed by atoms with Gasteiger partial charge in [-0.1, -0.05) is 11.6 Å². The van der Waals surface area contributed by atoms with Crippen LogP contribution in [0.25, 0.3) is 0 Å². The Morgan fingerprint density at radius 2 is 2.14 bits per heavy atom. The van der Waals surface area contributed by atoms with Gasteiger partial charge in [-0.25, -0.2) is 8.78 Å². The van der Waals surface area contributed by atoms with Crippen molar-refractivity contribution in [3.05, 3.63) is 28.3 Å². The number of carbonyl (C=O) groups is 1. The Morgan fingerprint density at radius 1 is 1.50 bits per heavy atom. The molecule has 1 rings (SSSR count). The van der Waals surface area contributed by atoms with E-state index >= 15 is 0 Å². The molecule has 2 nitrogen and oxygen atoms in total. The van der Waals surface area contributed by atoms with Crippen LogP contribution in [0.15, 0.2) is 6.07 Å². The molecule has 1 aromatic rings. The molecule has 0 saturated heterocycles. The number of phenolic OH excluding ortho intramolecular Hbond substituents is 1. The Bertz CT molecular complexity index is 340. The summed E-state index contributed by atoms with van der Waals surface area (Å²) in [5, 5.41) is 8.74. The number of aldehydes is 1. The van der Waals surface area contributed by atoms with E-state index in [0.717, 1.165) is 0 Å². The molecule has 0 heterocycles. The molecule has 0 fully saturated rings. The molecule has 0 saturated carbocycles. The number of benzene rings is 1. The lowest BCUT2D eigenvalue weighted by Gasteiger charge is -2.06. The molecule has 0 atom stereocenters. The smallest absolute Gasteiger partial charge is 0.166 e. The van der Waals surface area contributed by atoms with E-state index in [0.29, 0.717) is 12.4 Å². The van der Waals surface area contributed by atoms with Crippen LogP contribution in [-0.4, -0.2) is 11.4 Å². The number of carbonyl (C=O) groups excluding carboxylic acids is 1. The normalized spacial score (nSPS) is 10.2. The van der Waals surface area contributed by atoms with Gasteiger partial charge in [0.1, 0.15) is 12.1 Å². The summed E-state index contributed by atoms with van der Waals surface area (Å²) in [5.74, 6) is -2.65. The molecule has 14 heavy (non-hydrogen) atoms. The molecule has 76 valence electrons. The lowest BCUT2D eigenvalue weighted by Crippen LogP contribution is -1.96. The predicted octanol–water partition coefficient (Wildman–Crippen LogP) is 2.46. The van der Waals surface area contributed by atoms with Crippen LogP contribution in [0.3, 0.4) is 0 Å². The van der Waals surface area contributed by atoms with Crippen LogP contribution in [0.5, 0.6) is 5.75 Å². The lowest BCUT2D eigenvalue weighted by atomic mass is 10.1. The number of rotatable bonds is 3. The van der Waals surface area contributed by atoms with Gasteiger partial charge in [0.2, 0.25) is 0 Å². The second-order valence-electron chi connectivity index (χ2n) is 2.69. The van der Waals surface area contributed by atoms with Crippen molar-refractivity contribution in [1.82, 2.24) is 0 Å². The topological polar surface area (TPSA) is 37.3 Å². The molecule has 0 spiro atoms. The Labute approximate surface area is 84.1 Å². The van der Waals surface area contributed by atoms with Crippen molar-refractivity contribution in [1.29, 1.82) is 0 Å². The number of phenols is 1. The van der Waals surface area contributed by atoms with Crippen molar-refractivity contribution in [2.45, 2.75) is 12.8 Å². The minimum Gasteiger partial charge on any atom is -0.505 e. The van der Waals surface area contributed by atoms with Crippen LogP contribution in [0.1, 0.15) is 12.0 Å². The first-order valence-corrected chi connectivity index (χ1v) is 4.24. The number of hydrogen-bond acceptors (Lipinski definition) is 2. The third-order valence-corrected chi connectivity index (χ3v) is 2.03. The molecule has 1 aromatic carbocycles. The Kier molecular flexibility index (Phi) is 3.41. The summed E-state index contributed by atoms with van der Waals surface area (Å²) >= 11 is 5.36. The zero-order chi connectivity index (χ0) is 10.7. The minimum absolute atomic E-state index is 0.00423. The van der Waals surface area contributed by atoms with Crippen molar-refractivity contribution < 1.29 is 18.7 Å². The maximum atomic E-state index is 13.2. The molecule has 1 N–H and O–H groups in total. The van der Waals surface area contributed by atoms with Crippen LogP contribution >= 0.6 is 11.6 Å². The van der Waals surface area contributed by atoms with Gasteiger partial charge in [0.05, 0.1) is 5.02 Å². The van der Waals surface area contributed by atoms with E-state index < -0.39 is 22.4 Å². The summed E-state index contributed by atoms with van der Waals surface area (Å²) in [7, 11) is 0. The van der Waals surface area contributed by atoms with Crippen LogP contribution in [0.2, 0.25) is 5.02 Å². The maximum Gasteiger partial charge on any atom is 0.166 e. The average molecular weight is 221 g/mol. The maximum absolute atomic E-state index is 13.2. The fourth-order valence-electron chi connectivity index (χ4n) is 1.07. The van der Waals surface area contributed by atoms with Gasteiger partial charge in [-0.05, 0) is 12.5 Å². The largest absolute Gasteiger partial charge is 0.505 e. The zero-order valence-corrected chi connectivity index (χ0v) is 7.81. The molecule has 0 bridgehead atoms. The summed E-state index contributed by atoms with van der Waals surface area (Å²) in [6.45, 7) is 0. The molecule has 5 heteroatoms. The number of hydrogen-bond donors (Lipinski definition) is 1. The van der Waals surface area contributed by atoms with E-state index in [9.17, 15) is 13.6 Å². The standard InChI is InChI=1S/C9H7ClF2O2/c10-6-4-7(11)9(14)5(8(6)12)2-1-3-13/h3-4,14H,1-2H2. The van der Waals surface area contributed by atoms with E-state index in [1.54, 1.807) is 0 Å². The Balaban J connectivity index is 3.17. The highest BCUT2D eigenvalue weighted by molar-refractivity contribution is 6.30. The van der Waals surface area contributed by atoms with Crippen LogP contribution in [-0.2, 0) is 11.2 Å². The Hall–Kier alpha value is -1.16. The second kappa shape index (κ2) is 4.37. The molecule has 0 unspecified atom stereocenters. The quantitative estimate of drug-likeness (QED) is 0.628. The first kappa shape index (κ1) is 10.9. The molecule has 0 aliphatic carbocycles. The van der Waals surface area contributed by atoms with Crippen LogP contribution in [0.4, 0.5) is 8.78 Å². The van der Waals surface area contributed by atoms with Crippen LogP contribution in [0, 0.1) is 11.6 Å². The van der Waals surface area contributed by atoms with Gasteiger partial charge in [-0.3, -0.25) is 0 Å². The van der Waals surface area contributed by atoms with Gasteiger partial charge in [0, 0.05) is 12.0 Å². The van der Waals surface area contributed by atoms with Crippen molar-refractivity contribution in [2.24, 2.45) is 0 Å². The van der Waals surface area contributed by atoms with Crippen molar-refractivity contribution in [3.8, 4) is 5.75 Å². The highest BCUT2D eigenvalue weighted by Crippen LogP contribution is 2.30. The molecule has 0 aliphatic rings. The molecule has 0 amide bonds. The van der Waals surface area contributed by atoms with Crippen molar-refractivity contribution >= 4 is 17.9 Å². The van der Waals surface area contributed by atoms with E-state index in [2.05, 4.69) is 0 Å². The first-order valence-electron chi connectivity index (χ1n) is 3.87. The fraction of sp³-hybridized carbons (Fsp3) is 0.222. The fourth-order valence-corrected chi connectivity index (χ4v) is 1.28. The van der Waals surface area contributed by atoms with Gasteiger partial charge in [-0.15, -0.1) is 0 Å². The van der Waals surface area contributed by atoms with Gasteiger partial charge in [-0.2, -0.15) is 0 Å². The summed E-state index contributed by atoms with van der Waals surface area (Å²) in [4.78, 5) is 10.0. The molecular weight excluding hydrogens is 214 g/mol. The third-order valence-electron chi connectivity index (χ3n) is 1.75. The summed E-state index contributed by atoms with van der Waals surface area (Å²) < 4.78 is 26.0. The number of halogens is 3. The van der Waals surface area contributed by atoms with Gasteiger partial charge in [0.25, 0.3) is 0 Å². The summed E-state index contributed by atoms with van der Waals surface area (Å²) in [6, 6.07) is 0.691. The van der Waals surface area contributed by atoms with E-state index in [-0.39, 0.29) is 18.4 Å². The predicted molar refractivity (Wildman–Crippen MR) is 47.4 cm³/mol. The van der Waals surface area contributed by atoms with Crippen LogP contribution < -0.4 is 0 Å². The molecule has 0 aromatic heterocycles. The van der Waals surface area contributed by atoms with Crippen molar-refractivity contribution in [2.75, 3.05) is 0 Å².